The number of hydrogen-bond donors (Lipinski definition) is 2. The van der Waals surface area contributed by atoms with Crippen molar-refractivity contribution in [3.05, 3.63) is 11.6 Å². The second-order valence-corrected chi connectivity index (χ2v) is 3.62. The van der Waals surface area contributed by atoms with Gasteiger partial charge in [-0.25, -0.2) is 5.43 Å². The lowest BCUT2D eigenvalue weighted by molar-refractivity contribution is 0.367. The lowest BCUT2D eigenvalue weighted by Crippen LogP contribution is -2.34. The molecule has 0 bridgehead atoms. The number of nitrogens with one attached hydrogen (secondary N) is 1. The van der Waals surface area contributed by atoms with Crippen molar-refractivity contribution >= 4 is 6.34 Å². The van der Waals surface area contributed by atoms with Crippen molar-refractivity contribution < 1.29 is 0 Å². The predicted octanol–water partition coefficient (Wildman–Crippen LogP) is 0.230. The van der Waals surface area contributed by atoms with E-state index in [9.17, 15) is 0 Å². The van der Waals surface area contributed by atoms with E-state index in [1.165, 1.54) is 18.4 Å². The fourth-order valence-corrected chi connectivity index (χ4v) is 1.79. The summed E-state index contributed by atoms with van der Waals surface area (Å²) < 4.78 is 0. The van der Waals surface area contributed by atoms with E-state index in [0.29, 0.717) is 6.67 Å². The number of rotatable bonds is 2. The van der Waals surface area contributed by atoms with Gasteiger partial charge in [0.2, 0.25) is 0 Å². The van der Waals surface area contributed by atoms with Gasteiger partial charge in [0.25, 0.3) is 0 Å². The quantitative estimate of drug-likeness (QED) is 0.598. The van der Waals surface area contributed by atoms with Gasteiger partial charge in [-0.1, -0.05) is 11.6 Å². The summed E-state index contributed by atoms with van der Waals surface area (Å²) >= 11 is 0. The molecule has 2 aliphatic rings. The van der Waals surface area contributed by atoms with Gasteiger partial charge < -0.3 is 5.73 Å². The van der Waals surface area contributed by atoms with Crippen LogP contribution < -0.4 is 11.2 Å². The smallest absolute Gasteiger partial charge is 0.107 e. The largest absolute Gasteiger partial charge is 0.324 e. The van der Waals surface area contributed by atoms with Gasteiger partial charge in [-0.3, -0.25) is 10.0 Å². The summed E-state index contributed by atoms with van der Waals surface area (Å²) in [5.74, 6) is 0. The van der Waals surface area contributed by atoms with Crippen LogP contribution >= 0.6 is 0 Å². The van der Waals surface area contributed by atoms with E-state index >= 15 is 0 Å². The molecule has 0 aromatic rings. The highest BCUT2D eigenvalue weighted by atomic mass is 15.6. The third kappa shape index (κ3) is 2.29. The zero-order chi connectivity index (χ0) is 9.10. The lowest BCUT2D eigenvalue weighted by Gasteiger charge is -2.21. The molecule has 0 saturated heterocycles. The van der Waals surface area contributed by atoms with E-state index in [4.69, 9.17) is 5.73 Å². The van der Waals surface area contributed by atoms with Crippen LogP contribution in [0.25, 0.3) is 0 Å². The molecule has 0 spiro atoms. The van der Waals surface area contributed by atoms with Crippen molar-refractivity contribution in [2.24, 2.45) is 10.7 Å². The summed E-state index contributed by atoms with van der Waals surface area (Å²) in [4.78, 5) is 4.08. The Labute approximate surface area is 78.5 Å². The van der Waals surface area contributed by atoms with Gasteiger partial charge in [0, 0.05) is 6.04 Å². The van der Waals surface area contributed by atoms with Gasteiger partial charge in [-0.15, -0.1) is 0 Å². The van der Waals surface area contributed by atoms with E-state index < -0.39 is 0 Å². The molecule has 2 rings (SSSR count). The molecule has 3 N–H and O–H groups in total. The van der Waals surface area contributed by atoms with Crippen molar-refractivity contribution in [2.75, 3.05) is 13.2 Å². The average molecular weight is 180 g/mol. The molecule has 1 atom stereocenters. The van der Waals surface area contributed by atoms with Crippen molar-refractivity contribution in [3.63, 3.8) is 0 Å². The van der Waals surface area contributed by atoms with Crippen molar-refractivity contribution in [1.82, 2.24) is 10.4 Å². The molecule has 4 heteroatoms. The molecule has 1 unspecified atom stereocenters. The zero-order valence-electron chi connectivity index (χ0n) is 7.74. The second-order valence-electron chi connectivity index (χ2n) is 3.62. The fraction of sp³-hybridized carbons (Fsp3) is 0.667. The monoisotopic (exact) mass is 180 g/mol. The Kier molecular flexibility index (Phi) is 2.61. The molecule has 1 heterocycles. The SMILES string of the molecule is NC1C=C(CN2C=NCN2)CCC1. The summed E-state index contributed by atoms with van der Waals surface area (Å²) in [6, 6.07) is 0.267. The van der Waals surface area contributed by atoms with E-state index in [2.05, 4.69) is 16.5 Å². The third-order valence-electron chi connectivity index (χ3n) is 2.44. The van der Waals surface area contributed by atoms with Crippen LogP contribution in [0.5, 0.6) is 0 Å². The fourth-order valence-electron chi connectivity index (χ4n) is 1.79. The highest BCUT2D eigenvalue weighted by molar-refractivity contribution is 5.56. The number of hydrogen-bond acceptors (Lipinski definition) is 4. The predicted molar refractivity (Wildman–Crippen MR) is 53.1 cm³/mol. The van der Waals surface area contributed by atoms with Gasteiger partial charge in [-0.2, -0.15) is 0 Å². The highest BCUT2D eigenvalue weighted by Crippen LogP contribution is 2.17. The van der Waals surface area contributed by atoms with Crippen LogP contribution in [-0.4, -0.2) is 30.6 Å². The van der Waals surface area contributed by atoms with E-state index in [-0.39, 0.29) is 6.04 Å². The Hall–Kier alpha value is -0.870. The summed E-state index contributed by atoms with van der Waals surface area (Å²) in [6.45, 7) is 1.64. The maximum atomic E-state index is 5.85. The zero-order valence-corrected chi connectivity index (χ0v) is 7.74. The molecule has 1 aliphatic carbocycles. The van der Waals surface area contributed by atoms with Crippen molar-refractivity contribution in [2.45, 2.75) is 25.3 Å². The minimum absolute atomic E-state index is 0.267. The van der Waals surface area contributed by atoms with Crippen molar-refractivity contribution in [1.29, 1.82) is 0 Å². The maximum absolute atomic E-state index is 5.85. The van der Waals surface area contributed by atoms with Crippen LogP contribution in [0, 0.1) is 0 Å². The van der Waals surface area contributed by atoms with Gasteiger partial charge in [0.15, 0.2) is 0 Å². The Balaban J connectivity index is 1.89. The minimum Gasteiger partial charge on any atom is -0.324 e. The molecule has 4 nitrogen and oxygen atoms in total. The second kappa shape index (κ2) is 3.89. The molecular formula is C9H16N4. The first-order valence-corrected chi connectivity index (χ1v) is 4.80. The normalized spacial score (nSPS) is 27.9. The van der Waals surface area contributed by atoms with Gasteiger partial charge >= 0.3 is 0 Å². The molecular weight excluding hydrogens is 164 g/mol. The van der Waals surface area contributed by atoms with E-state index in [0.717, 1.165) is 13.0 Å². The van der Waals surface area contributed by atoms with Crippen LogP contribution in [-0.2, 0) is 0 Å². The Morgan fingerprint density at radius 3 is 3.31 bits per heavy atom. The highest BCUT2D eigenvalue weighted by Gasteiger charge is 2.12. The topological polar surface area (TPSA) is 53.6 Å². The summed E-state index contributed by atoms with van der Waals surface area (Å²) in [6.07, 6.45) is 7.57. The maximum Gasteiger partial charge on any atom is 0.107 e. The van der Waals surface area contributed by atoms with E-state index in [1.807, 2.05) is 11.3 Å². The van der Waals surface area contributed by atoms with Crippen LogP contribution in [0.4, 0.5) is 0 Å². The van der Waals surface area contributed by atoms with Crippen molar-refractivity contribution in [3.8, 4) is 0 Å². The minimum atomic E-state index is 0.267. The molecule has 0 radical (unpaired) electrons. The molecule has 0 fully saturated rings. The number of aliphatic imine (C=N–C) groups is 1. The molecule has 0 amide bonds. The van der Waals surface area contributed by atoms with Crippen LogP contribution in [0.3, 0.4) is 0 Å². The third-order valence-corrected chi connectivity index (χ3v) is 2.44. The Morgan fingerprint density at radius 2 is 2.62 bits per heavy atom. The molecule has 13 heavy (non-hydrogen) atoms. The first-order chi connectivity index (χ1) is 6.34. The summed E-state index contributed by atoms with van der Waals surface area (Å²) in [7, 11) is 0. The molecule has 0 saturated carbocycles. The molecule has 1 aliphatic heterocycles. The molecule has 0 aromatic carbocycles. The van der Waals surface area contributed by atoms with Crippen LogP contribution in [0.1, 0.15) is 19.3 Å². The first kappa shape index (κ1) is 8.72. The summed E-state index contributed by atoms with van der Waals surface area (Å²) in [5.41, 5.74) is 10.4. The van der Waals surface area contributed by atoms with Crippen LogP contribution in [0.2, 0.25) is 0 Å². The van der Waals surface area contributed by atoms with Gasteiger partial charge in [-0.05, 0) is 19.3 Å². The number of nitrogens with two attached hydrogens (primary N) is 1. The summed E-state index contributed by atoms with van der Waals surface area (Å²) in [5, 5.41) is 2.02. The first-order valence-electron chi connectivity index (χ1n) is 4.80. The van der Waals surface area contributed by atoms with Gasteiger partial charge in [0.1, 0.15) is 13.0 Å². The van der Waals surface area contributed by atoms with E-state index in [1.54, 1.807) is 0 Å². The lowest BCUT2D eigenvalue weighted by atomic mass is 9.96. The van der Waals surface area contributed by atoms with Gasteiger partial charge in [0.05, 0.1) is 6.54 Å². The Morgan fingerprint density at radius 1 is 1.69 bits per heavy atom. The molecule has 0 aromatic heterocycles. The standard InChI is InChI=1S/C9H16N4/c10-9-3-1-2-8(4-9)5-13-7-11-6-12-13/h4,7,9,12H,1-3,5-6,10H2. The Bertz CT molecular complexity index is 234. The average Bonchev–Trinajstić information content (AvgIpc) is 2.57. The van der Waals surface area contributed by atoms with Crippen LogP contribution in [0.15, 0.2) is 16.6 Å². The molecule has 72 valence electrons. The number of nitrogens with zero attached hydrogens (tertiary/aromatic N) is 2. The number of hydrazine groups is 1.